The largest absolute Gasteiger partial charge is 0.507 e. The molecule has 4 aromatic carbocycles. The summed E-state index contributed by atoms with van der Waals surface area (Å²) in [6.07, 6.45) is 0.362. The van der Waals surface area contributed by atoms with Crippen molar-refractivity contribution in [3.05, 3.63) is 110 Å². The zero-order chi connectivity index (χ0) is 26.3. The normalized spacial score (nSPS) is 15.0. The van der Waals surface area contributed by atoms with Crippen molar-refractivity contribution >= 4 is 39.2 Å². The highest BCUT2D eigenvalue weighted by molar-refractivity contribution is 6.09. The molecule has 0 radical (unpaired) electrons. The van der Waals surface area contributed by atoms with Crippen LogP contribution in [0.4, 0.5) is 22.7 Å². The number of nitrogens with zero attached hydrogens (tertiary/aromatic N) is 5. The molecule has 186 valence electrons. The molecule has 0 aliphatic carbocycles. The number of fused-ring (bicyclic) bond motifs is 1. The number of rotatable bonds is 6. The second-order valence-corrected chi connectivity index (χ2v) is 8.97. The predicted octanol–water partition coefficient (Wildman–Crippen LogP) is 5.78. The lowest BCUT2D eigenvalue weighted by Crippen LogP contribution is -2.20. The smallest absolute Gasteiger partial charge is 0.301 e. The third-order valence-electron chi connectivity index (χ3n) is 6.53. The van der Waals surface area contributed by atoms with Gasteiger partial charge in [-0.25, -0.2) is 0 Å². The molecular weight excluding hydrogens is 474 g/mol. The fourth-order valence-electron chi connectivity index (χ4n) is 4.60. The Bertz CT molecular complexity index is 1570. The summed E-state index contributed by atoms with van der Waals surface area (Å²) in [7, 11) is 3.86. The van der Waals surface area contributed by atoms with Gasteiger partial charge in [0.2, 0.25) is 0 Å². The van der Waals surface area contributed by atoms with Crippen LogP contribution in [-0.2, 0) is 0 Å². The second kappa shape index (κ2) is 9.23. The van der Waals surface area contributed by atoms with E-state index in [2.05, 4.69) is 0 Å². The summed E-state index contributed by atoms with van der Waals surface area (Å²) in [5.41, 5.74) is 2.26. The molecule has 0 saturated heterocycles. The van der Waals surface area contributed by atoms with Gasteiger partial charge in [0.1, 0.15) is 11.4 Å². The predicted molar refractivity (Wildman–Crippen MR) is 143 cm³/mol. The minimum Gasteiger partial charge on any atom is -0.507 e. The van der Waals surface area contributed by atoms with Gasteiger partial charge < -0.3 is 10.0 Å². The van der Waals surface area contributed by atoms with E-state index >= 15 is 0 Å². The van der Waals surface area contributed by atoms with Gasteiger partial charge in [-0.1, -0.05) is 42.5 Å². The van der Waals surface area contributed by atoms with Crippen molar-refractivity contribution in [3.63, 3.8) is 0 Å². The van der Waals surface area contributed by atoms with Gasteiger partial charge in [0, 0.05) is 43.2 Å². The van der Waals surface area contributed by atoms with Gasteiger partial charge in [-0.2, -0.15) is 5.10 Å². The third-order valence-corrected chi connectivity index (χ3v) is 6.53. The minimum atomic E-state index is -0.667. The Hall–Kier alpha value is -4.99. The van der Waals surface area contributed by atoms with Crippen molar-refractivity contribution in [3.8, 4) is 5.75 Å². The summed E-state index contributed by atoms with van der Waals surface area (Å²) in [6, 6.07) is 22.0. The van der Waals surface area contributed by atoms with Gasteiger partial charge in [0.25, 0.3) is 5.69 Å². The summed E-state index contributed by atoms with van der Waals surface area (Å²) in [5.74, 6) is 0.0820. The van der Waals surface area contributed by atoms with Crippen LogP contribution in [0.2, 0.25) is 0 Å². The molecule has 1 N–H and O–H groups in total. The van der Waals surface area contributed by atoms with Crippen LogP contribution < -0.4 is 9.91 Å². The molecular formula is C27H23N5O5. The fraction of sp³-hybridized carbons (Fsp3) is 0.148. The molecule has 1 heterocycles. The quantitative estimate of drug-likeness (QED) is 0.264. The maximum atomic E-state index is 11.9. The molecule has 0 spiro atoms. The SMILES string of the molecule is CN(C)c1ccc(C2CC(c3ccc4ccccc4c3O)=NN2c2ccc([N+](=O)[O-])cc2[N+](=O)[O-])cc1. The summed E-state index contributed by atoms with van der Waals surface area (Å²) in [4.78, 5) is 23.9. The van der Waals surface area contributed by atoms with Crippen LogP contribution in [0.3, 0.4) is 0 Å². The van der Waals surface area contributed by atoms with Gasteiger partial charge in [-0.3, -0.25) is 25.2 Å². The first kappa shape index (κ1) is 23.7. The van der Waals surface area contributed by atoms with E-state index in [0.717, 1.165) is 22.7 Å². The van der Waals surface area contributed by atoms with Crippen molar-refractivity contribution in [1.29, 1.82) is 0 Å². The number of benzene rings is 4. The van der Waals surface area contributed by atoms with Crippen LogP contribution in [0.5, 0.6) is 5.75 Å². The van der Waals surface area contributed by atoms with E-state index in [4.69, 9.17) is 5.10 Å². The highest BCUT2D eigenvalue weighted by atomic mass is 16.6. The molecule has 0 bridgehead atoms. The number of phenolic OH excluding ortho intramolecular Hbond substituents is 1. The van der Waals surface area contributed by atoms with Crippen LogP contribution in [0, 0.1) is 20.2 Å². The zero-order valence-electron chi connectivity index (χ0n) is 20.1. The summed E-state index contributed by atoms with van der Waals surface area (Å²) in [5, 5.41) is 42.1. The molecule has 10 nitrogen and oxygen atoms in total. The number of non-ortho nitro benzene ring substituents is 1. The van der Waals surface area contributed by atoms with E-state index in [9.17, 15) is 25.3 Å². The highest BCUT2D eigenvalue weighted by Gasteiger charge is 2.35. The lowest BCUT2D eigenvalue weighted by Gasteiger charge is -2.24. The van der Waals surface area contributed by atoms with Crippen molar-refractivity contribution in [1.82, 2.24) is 0 Å². The number of hydrogen-bond donors (Lipinski definition) is 1. The van der Waals surface area contributed by atoms with Crippen LogP contribution in [0.15, 0.2) is 84.0 Å². The Labute approximate surface area is 212 Å². The Morgan fingerprint density at radius 2 is 1.68 bits per heavy atom. The van der Waals surface area contributed by atoms with Gasteiger partial charge in [0.05, 0.1) is 27.7 Å². The van der Waals surface area contributed by atoms with Crippen molar-refractivity contribution in [2.45, 2.75) is 12.5 Å². The standard InChI is InChI=1S/C27H23N5O5/c1-29(2)19-10-7-18(8-11-19)25-16-23(22-13-9-17-5-3-4-6-21(17)27(22)33)28-30(25)24-14-12-20(31(34)35)15-26(24)32(36)37/h3-15,25,33H,16H2,1-2H3. The monoisotopic (exact) mass is 497 g/mol. The number of aromatic hydroxyl groups is 1. The average molecular weight is 498 g/mol. The Morgan fingerprint density at radius 1 is 0.946 bits per heavy atom. The Kier molecular flexibility index (Phi) is 5.92. The number of hydrazone groups is 1. The number of hydrogen-bond acceptors (Lipinski definition) is 8. The zero-order valence-corrected chi connectivity index (χ0v) is 20.1. The van der Waals surface area contributed by atoms with E-state index in [1.807, 2.05) is 73.6 Å². The second-order valence-electron chi connectivity index (χ2n) is 8.97. The number of anilines is 2. The lowest BCUT2D eigenvalue weighted by atomic mass is 9.95. The van der Waals surface area contributed by atoms with Gasteiger partial charge in [-0.15, -0.1) is 0 Å². The first-order chi connectivity index (χ1) is 17.7. The van der Waals surface area contributed by atoms with Crippen LogP contribution in [-0.4, -0.2) is 34.8 Å². The summed E-state index contributed by atoms with van der Waals surface area (Å²) >= 11 is 0. The van der Waals surface area contributed by atoms with Crippen LogP contribution in [0.25, 0.3) is 10.8 Å². The molecule has 0 aromatic heterocycles. The molecule has 1 unspecified atom stereocenters. The third kappa shape index (κ3) is 4.29. The van der Waals surface area contributed by atoms with E-state index in [0.29, 0.717) is 23.1 Å². The average Bonchev–Trinajstić information content (AvgIpc) is 3.33. The van der Waals surface area contributed by atoms with Crippen molar-refractivity contribution in [2.75, 3.05) is 24.0 Å². The maximum Gasteiger partial charge on any atom is 0.301 e. The Morgan fingerprint density at radius 3 is 2.35 bits per heavy atom. The van der Waals surface area contributed by atoms with E-state index in [-0.39, 0.29) is 17.1 Å². The van der Waals surface area contributed by atoms with Crippen LogP contribution >= 0.6 is 0 Å². The molecule has 4 aromatic rings. The molecule has 0 amide bonds. The molecule has 1 aliphatic rings. The Balaban J connectivity index is 1.66. The lowest BCUT2D eigenvalue weighted by molar-refractivity contribution is -0.393. The van der Waals surface area contributed by atoms with Crippen molar-refractivity contribution < 1.29 is 15.0 Å². The molecule has 1 atom stereocenters. The van der Waals surface area contributed by atoms with Gasteiger partial charge >= 0.3 is 5.69 Å². The maximum absolute atomic E-state index is 11.9. The van der Waals surface area contributed by atoms with E-state index < -0.39 is 21.6 Å². The van der Waals surface area contributed by atoms with E-state index in [1.54, 1.807) is 6.07 Å². The topological polar surface area (TPSA) is 125 Å². The molecule has 1 aliphatic heterocycles. The number of phenols is 1. The first-order valence-corrected chi connectivity index (χ1v) is 11.5. The van der Waals surface area contributed by atoms with Gasteiger partial charge in [-0.05, 0) is 35.2 Å². The van der Waals surface area contributed by atoms with Crippen LogP contribution in [0.1, 0.15) is 23.6 Å². The summed E-state index contributed by atoms with van der Waals surface area (Å²) < 4.78 is 0. The van der Waals surface area contributed by atoms with Crippen molar-refractivity contribution in [2.24, 2.45) is 5.10 Å². The summed E-state index contributed by atoms with van der Waals surface area (Å²) in [6.45, 7) is 0. The molecule has 10 heteroatoms. The molecule has 5 rings (SSSR count). The molecule has 0 saturated carbocycles. The minimum absolute atomic E-state index is 0.0820. The number of nitro groups is 2. The van der Waals surface area contributed by atoms with Gasteiger partial charge in [0.15, 0.2) is 0 Å². The highest BCUT2D eigenvalue weighted by Crippen LogP contribution is 2.43. The molecule has 37 heavy (non-hydrogen) atoms. The fourth-order valence-corrected chi connectivity index (χ4v) is 4.60. The first-order valence-electron chi connectivity index (χ1n) is 11.5. The molecule has 0 fully saturated rings. The van der Waals surface area contributed by atoms with E-state index in [1.165, 1.54) is 17.1 Å². The number of nitro benzene ring substituents is 2.